The maximum Gasteiger partial charge on any atom is 0.167 e. The number of hydrogen-bond acceptors (Lipinski definition) is 4. The first-order valence-electron chi connectivity index (χ1n) is 6.35. The minimum Gasteiger partial charge on any atom is -0.479 e. The molecule has 100 valence electrons. The number of halogens is 1. The van der Waals surface area contributed by atoms with Crippen molar-refractivity contribution in [1.29, 1.82) is 0 Å². The van der Waals surface area contributed by atoms with Crippen LogP contribution in [0.2, 0.25) is 0 Å². The third kappa shape index (κ3) is 1.91. The number of rotatable bonds is 1. The van der Waals surface area contributed by atoms with Gasteiger partial charge >= 0.3 is 0 Å². The molecule has 0 amide bonds. The summed E-state index contributed by atoms with van der Waals surface area (Å²) in [6.45, 7) is 0.637. The highest BCUT2D eigenvalue weighted by Crippen LogP contribution is 2.36. The van der Waals surface area contributed by atoms with Crippen LogP contribution in [0, 0.1) is 5.82 Å². The quantitative estimate of drug-likeness (QED) is 0.734. The van der Waals surface area contributed by atoms with Gasteiger partial charge in [-0.25, -0.2) is 9.37 Å². The molecule has 1 unspecified atom stereocenters. The first-order chi connectivity index (χ1) is 9.79. The summed E-state index contributed by atoms with van der Waals surface area (Å²) in [6, 6.07) is 12.5. The van der Waals surface area contributed by atoms with E-state index in [1.54, 1.807) is 17.4 Å². The SMILES string of the molecule is Fc1ccc2c(c1)OC(c1nc3ccccc3s1)CN2. The number of nitrogens with zero attached hydrogens (tertiary/aromatic N) is 1. The zero-order valence-electron chi connectivity index (χ0n) is 10.5. The molecule has 0 saturated heterocycles. The molecular formula is C15H11FN2OS. The van der Waals surface area contributed by atoms with E-state index in [0.717, 1.165) is 20.9 Å². The summed E-state index contributed by atoms with van der Waals surface area (Å²) >= 11 is 1.61. The molecule has 2 heterocycles. The lowest BCUT2D eigenvalue weighted by molar-refractivity contribution is 0.209. The number of anilines is 1. The Morgan fingerprint density at radius 2 is 2.15 bits per heavy atom. The van der Waals surface area contributed by atoms with E-state index >= 15 is 0 Å². The Morgan fingerprint density at radius 1 is 1.25 bits per heavy atom. The van der Waals surface area contributed by atoms with Crippen molar-refractivity contribution in [3.05, 3.63) is 53.3 Å². The number of para-hydroxylation sites is 1. The van der Waals surface area contributed by atoms with Crippen LogP contribution in [0.1, 0.15) is 11.1 Å². The molecule has 0 aliphatic carbocycles. The number of hydrogen-bond donors (Lipinski definition) is 1. The van der Waals surface area contributed by atoms with Crippen molar-refractivity contribution in [2.45, 2.75) is 6.10 Å². The Balaban J connectivity index is 1.70. The Morgan fingerprint density at radius 3 is 3.05 bits per heavy atom. The standard InChI is InChI=1S/C15H11FN2OS/c16-9-5-6-10-12(7-9)19-13(8-17-10)15-18-11-3-1-2-4-14(11)20-15/h1-7,13,17H,8H2. The first-order valence-corrected chi connectivity index (χ1v) is 7.17. The van der Waals surface area contributed by atoms with Gasteiger partial charge in [0.15, 0.2) is 6.10 Å². The highest BCUT2D eigenvalue weighted by molar-refractivity contribution is 7.18. The molecule has 0 spiro atoms. The molecular weight excluding hydrogens is 275 g/mol. The molecule has 0 bridgehead atoms. The fourth-order valence-electron chi connectivity index (χ4n) is 2.30. The van der Waals surface area contributed by atoms with Gasteiger partial charge in [-0.3, -0.25) is 0 Å². The van der Waals surface area contributed by atoms with Crippen molar-refractivity contribution in [2.24, 2.45) is 0 Å². The monoisotopic (exact) mass is 286 g/mol. The molecule has 1 aliphatic heterocycles. The fraction of sp³-hybridized carbons (Fsp3) is 0.133. The molecule has 0 radical (unpaired) electrons. The van der Waals surface area contributed by atoms with Gasteiger partial charge in [0.05, 0.1) is 22.4 Å². The summed E-state index contributed by atoms with van der Waals surface area (Å²) in [5.41, 5.74) is 1.80. The Hall–Kier alpha value is -2.14. The molecule has 4 rings (SSSR count). The smallest absolute Gasteiger partial charge is 0.167 e. The number of fused-ring (bicyclic) bond motifs is 2. The van der Waals surface area contributed by atoms with Gasteiger partial charge in [0.25, 0.3) is 0 Å². The van der Waals surface area contributed by atoms with Gasteiger partial charge in [-0.15, -0.1) is 11.3 Å². The molecule has 1 aromatic heterocycles. The van der Waals surface area contributed by atoms with Crippen LogP contribution in [0.4, 0.5) is 10.1 Å². The maximum atomic E-state index is 13.3. The van der Waals surface area contributed by atoms with E-state index in [9.17, 15) is 4.39 Å². The summed E-state index contributed by atoms with van der Waals surface area (Å²) in [5, 5.41) is 4.17. The lowest BCUT2D eigenvalue weighted by atomic mass is 10.2. The Kier molecular flexibility index (Phi) is 2.60. The van der Waals surface area contributed by atoms with E-state index in [1.807, 2.05) is 24.3 Å². The lowest BCUT2D eigenvalue weighted by Gasteiger charge is -2.25. The summed E-state index contributed by atoms with van der Waals surface area (Å²) in [6.07, 6.45) is -0.179. The van der Waals surface area contributed by atoms with Crippen LogP contribution in [0.25, 0.3) is 10.2 Å². The van der Waals surface area contributed by atoms with E-state index < -0.39 is 0 Å². The summed E-state index contributed by atoms with van der Waals surface area (Å²) in [5.74, 6) is 0.246. The predicted molar refractivity (Wildman–Crippen MR) is 77.9 cm³/mol. The second-order valence-electron chi connectivity index (χ2n) is 4.65. The lowest BCUT2D eigenvalue weighted by Crippen LogP contribution is -2.23. The zero-order chi connectivity index (χ0) is 13.5. The van der Waals surface area contributed by atoms with E-state index in [1.165, 1.54) is 12.1 Å². The molecule has 0 saturated carbocycles. The van der Waals surface area contributed by atoms with Gasteiger partial charge in [-0.2, -0.15) is 0 Å². The van der Waals surface area contributed by atoms with Crippen LogP contribution in [-0.4, -0.2) is 11.5 Å². The Bertz CT molecular complexity index is 753. The second-order valence-corrected chi connectivity index (χ2v) is 5.71. The molecule has 1 N–H and O–H groups in total. The highest BCUT2D eigenvalue weighted by atomic mass is 32.1. The van der Waals surface area contributed by atoms with Gasteiger partial charge < -0.3 is 10.1 Å². The van der Waals surface area contributed by atoms with Crippen molar-refractivity contribution in [1.82, 2.24) is 4.98 Å². The molecule has 3 nitrogen and oxygen atoms in total. The zero-order valence-corrected chi connectivity index (χ0v) is 11.3. The minimum absolute atomic E-state index is 0.179. The number of benzene rings is 2. The second kappa shape index (κ2) is 4.45. The van der Waals surface area contributed by atoms with Crippen molar-refractivity contribution in [2.75, 3.05) is 11.9 Å². The van der Waals surface area contributed by atoms with Crippen LogP contribution in [0.5, 0.6) is 5.75 Å². The van der Waals surface area contributed by atoms with Crippen LogP contribution >= 0.6 is 11.3 Å². The number of aromatic nitrogens is 1. The van der Waals surface area contributed by atoms with Gasteiger partial charge in [0, 0.05) is 6.07 Å². The topological polar surface area (TPSA) is 34.1 Å². The van der Waals surface area contributed by atoms with Gasteiger partial charge in [0.2, 0.25) is 0 Å². The first kappa shape index (κ1) is 11.7. The predicted octanol–water partition coefficient (Wildman–Crippen LogP) is 3.98. The van der Waals surface area contributed by atoms with Crippen LogP contribution in [0.15, 0.2) is 42.5 Å². The number of nitrogens with one attached hydrogen (secondary N) is 1. The van der Waals surface area contributed by atoms with Crippen molar-refractivity contribution < 1.29 is 9.13 Å². The van der Waals surface area contributed by atoms with E-state index in [0.29, 0.717) is 12.3 Å². The van der Waals surface area contributed by atoms with Gasteiger partial charge in [0.1, 0.15) is 16.6 Å². The molecule has 5 heteroatoms. The van der Waals surface area contributed by atoms with E-state index in [-0.39, 0.29) is 11.9 Å². The molecule has 0 fully saturated rings. The third-order valence-corrected chi connectivity index (χ3v) is 4.41. The summed E-state index contributed by atoms with van der Waals surface area (Å²) in [4.78, 5) is 4.59. The van der Waals surface area contributed by atoms with Crippen LogP contribution in [0.3, 0.4) is 0 Å². The average molecular weight is 286 g/mol. The highest BCUT2D eigenvalue weighted by Gasteiger charge is 2.24. The van der Waals surface area contributed by atoms with Crippen LogP contribution < -0.4 is 10.1 Å². The van der Waals surface area contributed by atoms with E-state index in [2.05, 4.69) is 10.3 Å². The van der Waals surface area contributed by atoms with Crippen LogP contribution in [-0.2, 0) is 0 Å². The normalized spacial score (nSPS) is 17.4. The summed E-state index contributed by atoms with van der Waals surface area (Å²) < 4.78 is 20.3. The Labute approximate surface area is 119 Å². The maximum absolute atomic E-state index is 13.3. The third-order valence-electron chi connectivity index (χ3n) is 3.28. The number of ether oxygens (including phenoxy) is 1. The van der Waals surface area contributed by atoms with E-state index in [4.69, 9.17) is 4.74 Å². The van der Waals surface area contributed by atoms with Gasteiger partial charge in [-0.05, 0) is 24.3 Å². The summed E-state index contributed by atoms with van der Waals surface area (Å²) in [7, 11) is 0. The average Bonchev–Trinajstić information content (AvgIpc) is 2.90. The molecule has 3 aromatic rings. The minimum atomic E-state index is -0.296. The van der Waals surface area contributed by atoms with Gasteiger partial charge in [-0.1, -0.05) is 12.1 Å². The molecule has 1 aliphatic rings. The van der Waals surface area contributed by atoms with Crippen molar-refractivity contribution in [3.63, 3.8) is 0 Å². The molecule has 1 atom stereocenters. The fourth-order valence-corrected chi connectivity index (χ4v) is 3.30. The van der Waals surface area contributed by atoms with Crippen molar-refractivity contribution >= 4 is 27.2 Å². The van der Waals surface area contributed by atoms with Crippen molar-refractivity contribution in [3.8, 4) is 5.75 Å². The largest absolute Gasteiger partial charge is 0.479 e. The molecule has 2 aromatic carbocycles. The molecule has 20 heavy (non-hydrogen) atoms. The number of thiazole rings is 1.